The van der Waals surface area contributed by atoms with Crippen LogP contribution in [0.5, 0.6) is 0 Å². The molecule has 0 radical (unpaired) electrons. The van der Waals surface area contributed by atoms with E-state index in [1.54, 1.807) is 12.1 Å². The van der Waals surface area contributed by atoms with Gasteiger partial charge in [-0.15, -0.1) is 0 Å². The molecule has 1 aliphatic rings. The zero-order valence-electron chi connectivity index (χ0n) is 14.5. The molecule has 0 amide bonds. The first-order chi connectivity index (χ1) is 11.5. The summed E-state index contributed by atoms with van der Waals surface area (Å²) in [5, 5.41) is 11.1. The number of non-ortho nitro benzene ring substituents is 1. The Morgan fingerprint density at radius 2 is 1.83 bits per heavy atom. The van der Waals surface area contributed by atoms with Gasteiger partial charge in [-0.2, -0.15) is 0 Å². The minimum atomic E-state index is -0.304. The summed E-state index contributed by atoms with van der Waals surface area (Å²) in [7, 11) is 2.16. The number of likely N-dealkylation sites (N-methyl/N-ethyl adjacent to an activating group) is 1. The summed E-state index contributed by atoms with van der Waals surface area (Å²) in [6, 6.07) is 14.5. The van der Waals surface area contributed by atoms with Crippen molar-refractivity contribution >= 4 is 5.69 Å². The number of hydrogen-bond acceptors (Lipinski definition) is 3. The van der Waals surface area contributed by atoms with Crippen molar-refractivity contribution in [3.63, 3.8) is 0 Å². The highest BCUT2D eigenvalue weighted by Gasteiger charge is 2.30. The predicted octanol–water partition coefficient (Wildman–Crippen LogP) is 4.45. The second-order valence-electron chi connectivity index (χ2n) is 6.72. The van der Waals surface area contributed by atoms with Gasteiger partial charge in [0, 0.05) is 24.2 Å². The van der Waals surface area contributed by atoms with E-state index in [4.69, 9.17) is 0 Å². The maximum atomic E-state index is 11.1. The Hall–Kier alpha value is -2.20. The van der Waals surface area contributed by atoms with E-state index in [1.807, 2.05) is 13.0 Å². The lowest BCUT2D eigenvalue weighted by molar-refractivity contribution is -0.385. The highest BCUT2D eigenvalue weighted by atomic mass is 16.6. The fraction of sp³-hybridized carbons (Fsp3) is 0.400. The monoisotopic (exact) mass is 324 g/mol. The van der Waals surface area contributed by atoms with Gasteiger partial charge in [0.15, 0.2) is 0 Å². The van der Waals surface area contributed by atoms with Crippen LogP contribution in [0, 0.1) is 17.0 Å². The zero-order chi connectivity index (χ0) is 17.3. The summed E-state index contributed by atoms with van der Waals surface area (Å²) in [6.07, 6.45) is 3.04. The summed E-state index contributed by atoms with van der Waals surface area (Å²) >= 11 is 0. The molecule has 1 atom stereocenters. The van der Waals surface area contributed by atoms with Gasteiger partial charge in [0.1, 0.15) is 0 Å². The number of aryl methyl sites for hydroxylation is 1. The smallest absolute Gasteiger partial charge is 0.269 e. The minimum Gasteiger partial charge on any atom is -0.296 e. The molecule has 4 heteroatoms. The molecule has 0 saturated carbocycles. The van der Waals surface area contributed by atoms with Crippen molar-refractivity contribution in [2.75, 3.05) is 7.05 Å². The van der Waals surface area contributed by atoms with E-state index < -0.39 is 0 Å². The Bertz CT molecular complexity index is 732. The normalized spacial score (nSPS) is 15.5. The summed E-state index contributed by atoms with van der Waals surface area (Å²) < 4.78 is 0. The van der Waals surface area contributed by atoms with Gasteiger partial charge in [0.2, 0.25) is 0 Å². The number of rotatable bonds is 5. The fourth-order valence-corrected chi connectivity index (χ4v) is 3.91. The van der Waals surface area contributed by atoms with E-state index in [9.17, 15) is 10.1 Å². The Labute approximate surface area is 143 Å². The van der Waals surface area contributed by atoms with Crippen LogP contribution in [-0.4, -0.2) is 22.9 Å². The molecule has 2 aromatic carbocycles. The molecule has 1 aliphatic carbocycles. The third-order valence-corrected chi connectivity index (χ3v) is 5.32. The molecule has 1 unspecified atom stereocenters. The third kappa shape index (κ3) is 3.06. The SMILES string of the molecule is CCC(c1cc([N+](=O)[O-])ccc1C)N(C)C1Cc2ccccc2C1. The summed E-state index contributed by atoms with van der Waals surface area (Å²) in [4.78, 5) is 13.2. The van der Waals surface area contributed by atoms with Crippen LogP contribution in [-0.2, 0) is 12.8 Å². The molecule has 2 aromatic rings. The first-order valence-corrected chi connectivity index (χ1v) is 8.55. The van der Waals surface area contributed by atoms with Crippen LogP contribution in [0.15, 0.2) is 42.5 Å². The Balaban J connectivity index is 1.87. The number of nitro groups is 1. The Morgan fingerprint density at radius 3 is 2.38 bits per heavy atom. The lowest BCUT2D eigenvalue weighted by Crippen LogP contribution is -2.35. The van der Waals surface area contributed by atoms with Gasteiger partial charge in [0.05, 0.1) is 4.92 Å². The largest absolute Gasteiger partial charge is 0.296 e. The predicted molar refractivity (Wildman–Crippen MR) is 96.3 cm³/mol. The standard InChI is InChI=1S/C20H24N2O2/c1-4-20(19-13-17(22(23)24)10-9-14(19)2)21(3)18-11-15-7-5-6-8-16(15)12-18/h5-10,13,18,20H,4,11-12H2,1-3H3. The first-order valence-electron chi connectivity index (χ1n) is 8.55. The van der Waals surface area contributed by atoms with Crippen molar-refractivity contribution in [3.05, 3.63) is 74.8 Å². The molecule has 0 bridgehead atoms. The molecule has 3 rings (SSSR count). The molecular formula is C20H24N2O2. The van der Waals surface area contributed by atoms with Crippen molar-refractivity contribution in [2.45, 2.75) is 45.2 Å². The van der Waals surface area contributed by atoms with Crippen LogP contribution in [0.2, 0.25) is 0 Å². The maximum absolute atomic E-state index is 11.1. The number of nitro benzene ring substituents is 1. The number of nitrogens with zero attached hydrogens (tertiary/aromatic N) is 2. The average molecular weight is 324 g/mol. The van der Waals surface area contributed by atoms with Crippen LogP contribution in [0.4, 0.5) is 5.69 Å². The molecule has 0 spiro atoms. The van der Waals surface area contributed by atoms with Gasteiger partial charge < -0.3 is 0 Å². The van der Waals surface area contributed by atoms with Gasteiger partial charge in [-0.25, -0.2) is 0 Å². The molecule has 0 N–H and O–H groups in total. The summed E-state index contributed by atoms with van der Waals surface area (Å²) in [6.45, 7) is 4.19. The lowest BCUT2D eigenvalue weighted by Gasteiger charge is -2.33. The molecular weight excluding hydrogens is 300 g/mol. The highest BCUT2D eigenvalue weighted by Crippen LogP contribution is 2.34. The van der Waals surface area contributed by atoms with Gasteiger partial charge in [0.25, 0.3) is 5.69 Å². The van der Waals surface area contributed by atoms with Gasteiger partial charge in [-0.3, -0.25) is 15.0 Å². The molecule has 24 heavy (non-hydrogen) atoms. The van der Waals surface area contributed by atoms with E-state index in [1.165, 1.54) is 11.1 Å². The zero-order valence-corrected chi connectivity index (χ0v) is 14.5. The van der Waals surface area contributed by atoms with Crippen molar-refractivity contribution in [1.29, 1.82) is 0 Å². The lowest BCUT2D eigenvalue weighted by atomic mass is 9.96. The highest BCUT2D eigenvalue weighted by molar-refractivity contribution is 5.41. The Morgan fingerprint density at radius 1 is 1.21 bits per heavy atom. The van der Waals surface area contributed by atoms with Crippen LogP contribution in [0.25, 0.3) is 0 Å². The van der Waals surface area contributed by atoms with E-state index in [-0.39, 0.29) is 16.7 Å². The van der Waals surface area contributed by atoms with Crippen LogP contribution >= 0.6 is 0 Å². The van der Waals surface area contributed by atoms with Crippen LogP contribution < -0.4 is 0 Å². The first kappa shape index (κ1) is 16.7. The van der Waals surface area contributed by atoms with E-state index in [2.05, 4.69) is 43.1 Å². The molecule has 4 nitrogen and oxygen atoms in total. The maximum Gasteiger partial charge on any atom is 0.269 e. The molecule has 0 aliphatic heterocycles. The average Bonchev–Trinajstić information content (AvgIpc) is 3.01. The second kappa shape index (κ2) is 6.73. The van der Waals surface area contributed by atoms with Gasteiger partial charge in [-0.05, 0) is 55.5 Å². The second-order valence-corrected chi connectivity index (χ2v) is 6.72. The van der Waals surface area contributed by atoms with Crippen molar-refractivity contribution < 1.29 is 4.92 Å². The molecule has 0 saturated heterocycles. The summed E-state index contributed by atoms with van der Waals surface area (Å²) in [5.41, 5.74) is 5.23. The van der Waals surface area contributed by atoms with Gasteiger partial charge >= 0.3 is 0 Å². The fourth-order valence-electron chi connectivity index (χ4n) is 3.91. The topological polar surface area (TPSA) is 46.4 Å². The number of hydrogen-bond donors (Lipinski definition) is 0. The number of fused-ring (bicyclic) bond motifs is 1. The van der Waals surface area contributed by atoms with Crippen molar-refractivity contribution in [1.82, 2.24) is 4.90 Å². The quantitative estimate of drug-likeness (QED) is 0.603. The molecule has 0 fully saturated rings. The van der Waals surface area contributed by atoms with Crippen molar-refractivity contribution in [3.8, 4) is 0 Å². The number of benzene rings is 2. The molecule has 126 valence electrons. The van der Waals surface area contributed by atoms with Crippen molar-refractivity contribution in [2.24, 2.45) is 0 Å². The Kier molecular flexibility index (Phi) is 4.67. The van der Waals surface area contributed by atoms with E-state index >= 15 is 0 Å². The van der Waals surface area contributed by atoms with Crippen LogP contribution in [0.1, 0.15) is 41.6 Å². The third-order valence-electron chi connectivity index (χ3n) is 5.32. The molecule has 0 aromatic heterocycles. The van der Waals surface area contributed by atoms with E-state index in [0.717, 1.165) is 30.4 Å². The van der Waals surface area contributed by atoms with Gasteiger partial charge in [-0.1, -0.05) is 37.3 Å². The minimum absolute atomic E-state index is 0.178. The summed E-state index contributed by atoms with van der Waals surface area (Å²) in [5.74, 6) is 0. The van der Waals surface area contributed by atoms with Crippen LogP contribution in [0.3, 0.4) is 0 Å². The molecule has 0 heterocycles. The van der Waals surface area contributed by atoms with E-state index in [0.29, 0.717) is 6.04 Å².